The molecule has 2 aromatic rings. The summed E-state index contributed by atoms with van der Waals surface area (Å²) in [6.45, 7) is 0. The van der Waals surface area contributed by atoms with Crippen LogP contribution in [-0.4, -0.2) is 21.8 Å². The molecule has 0 atom stereocenters. The van der Waals surface area contributed by atoms with E-state index in [0.29, 0.717) is 41.8 Å². The third-order valence-electron chi connectivity index (χ3n) is 3.42. The van der Waals surface area contributed by atoms with Crippen LogP contribution in [0.3, 0.4) is 0 Å². The van der Waals surface area contributed by atoms with Crippen molar-refractivity contribution < 1.29 is 19.2 Å². The molecule has 0 unspecified atom stereocenters. The molecule has 0 aromatic heterocycles. The molecule has 0 bridgehead atoms. The van der Waals surface area contributed by atoms with Crippen LogP contribution in [0.4, 0.5) is 8.78 Å². The van der Waals surface area contributed by atoms with E-state index in [2.05, 4.69) is 10.3 Å². The lowest BCUT2D eigenvalue weighted by molar-refractivity contribution is 0.317. The first-order valence-electron chi connectivity index (χ1n) is 7.08. The molecule has 0 aliphatic heterocycles. The van der Waals surface area contributed by atoms with Crippen molar-refractivity contribution in [3.63, 3.8) is 0 Å². The molecule has 0 aliphatic rings. The molecule has 0 saturated carbocycles. The molecule has 0 aliphatic carbocycles. The van der Waals surface area contributed by atoms with E-state index in [-0.39, 0.29) is 11.6 Å². The maximum Gasteiger partial charge on any atom is 0.123 e. The minimum atomic E-state index is -0.364. The number of hydrogen-bond acceptors (Lipinski definition) is 4. The van der Waals surface area contributed by atoms with Crippen molar-refractivity contribution >= 4 is 11.4 Å². The van der Waals surface area contributed by atoms with E-state index in [4.69, 9.17) is 10.4 Å². The summed E-state index contributed by atoms with van der Waals surface area (Å²) in [5.74, 6) is -0.728. The predicted molar refractivity (Wildman–Crippen MR) is 83.3 cm³/mol. The standard InChI is InChI=1S/C17H16F2N2O2/c18-14-8-4-12(5-9-14)16(20-22)2-1-3-17(21-23)13-6-10-15(19)11-7-13/h4-11,22-23H,1-3H2/b20-16+,21-17+. The van der Waals surface area contributed by atoms with Crippen LogP contribution < -0.4 is 0 Å². The second-order valence-corrected chi connectivity index (χ2v) is 4.96. The number of oxime groups is 2. The maximum atomic E-state index is 12.9. The Morgan fingerprint density at radius 3 is 1.35 bits per heavy atom. The van der Waals surface area contributed by atoms with Gasteiger partial charge in [-0.3, -0.25) is 0 Å². The van der Waals surface area contributed by atoms with Gasteiger partial charge in [0.2, 0.25) is 0 Å². The Morgan fingerprint density at radius 2 is 1.04 bits per heavy atom. The van der Waals surface area contributed by atoms with Gasteiger partial charge in [0.05, 0.1) is 11.4 Å². The van der Waals surface area contributed by atoms with Crippen LogP contribution >= 0.6 is 0 Å². The van der Waals surface area contributed by atoms with E-state index < -0.39 is 0 Å². The van der Waals surface area contributed by atoms with Crippen LogP contribution in [0.1, 0.15) is 30.4 Å². The van der Waals surface area contributed by atoms with E-state index >= 15 is 0 Å². The molecule has 0 radical (unpaired) electrons. The normalized spacial score (nSPS) is 12.4. The number of halogens is 2. The lowest BCUT2D eigenvalue weighted by Gasteiger charge is -2.07. The van der Waals surface area contributed by atoms with Gasteiger partial charge < -0.3 is 10.4 Å². The molecule has 6 heteroatoms. The Hall–Kier alpha value is -2.76. The highest BCUT2D eigenvalue weighted by atomic mass is 19.1. The molecule has 4 nitrogen and oxygen atoms in total. The molecule has 0 spiro atoms. The average molecular weight is 318 g/mol. The highest BCUT2D eigenvalue weighted by Gasteiger charge is 2.09. The topological polar surface area (TPSA) is 65.2 Å². The second-order valence-electron chi connectivity index (χ2n) is 4.96. The Labute approximate surface area is 132 Å². The fraction of sp³-hybridized carbons (Fsp3) is 0.176. The molecule has 2 N–H and O–H groups in total. The van der Waals surface area contributed by atoms with Crippen molar-refractivity contribution in [2.75, 3.05) is 0 Å². The summed E-state index contributed by atoms with van der Waals surface area (Å²) < 4.78 is 25.8. The highest BCUT2D eigenvalue weighted by molar-refractivity contribution is 6.02. The third kappa shape index (κ3) is 4.60. The zero-order valence-corrected chi connectivity index (χ0v) is 12.3. The first-order chi connectivity index (χ1) is 11.1. The Bertz CT molecular complexity index is 634. The van der Waals surface area contributed by atoms with Crippen LogP contribution in [0.2, 0.25) is 0 Å². The lowest BCUT2D eigenvalue weighted by Crippen LogP contribution is -2.05. The van der Waals surface area contributed by atoms with Crippen LogP contribution in [-0.2, 0) is 0 Å². The molecule has 2 rings (SSSR count). The molecular formula is C17H16F2N2O2. The Morgan fingerprint density at radius 1 is 0.696 bits per heavy atom. The second kappa shape index (κ2) is 8.03. The molecule has 0 saturated heterocycles. The summed E-state index contributed by atoms with van der Waals surface area (Å²) in [4.78, 5) is 0. The number of nitrogens with zero attached hydrogens (tertiary/aromatic N) is 2. The van der Waals surface area contributed by atoms with Crippen LogP contribution in [0.5, 0.6) is 0 Å². The summed E-state index contributed by atoms with van der Waals surface area (Å²) in [7, 11) is 0. The van der Waals surface area contributed by atoms with Gasteiger partial charge in [0, 0.05) is 0 Å². The van der Waals surface area contributed by atoms with E-state index in [9.17, 15) is 8.78 Å². The zero-order chi connectivity index (χ0) is 16.7. The van der Waals surface area contributed by atoms with Gasteiger partial charge in [0.25, 0.3) is 0 Å². The molecule has 2 aromatic carbocycles. The lowest BCUT2D eigenvalue weighted by atomic mass is 10.0. The summed E-state index contributed by atoms with van der Waals surface area (Å²) in [6.07, 6.45) is 1.39. The van der Waals surface area contributed by atoms with E-state index in [1.54, 1.807) is 0 Å². The Balaban J connectivity index is 1.96. The monoisotopic (exact) mass is 318 g/mol. The van der Waals surface area contributed by atoms with E-state index in [1.807, 2.05) is 0 Å². The van der Waals surface area contributed by atoms with Crippen molar-refractivity contribution in [1.82, 2.24) is 0 Å². The average Bonchev–Trinajstić information content (AvgIpc) is 2.57. The smallest absolute Gasteiger partial charge is 0.123 e. The van der Waals surface area contributed by atoms with Gasteiger partial charge in [-0.1, -0.05) is 34.6 Å². The van der Waals surface area contributed by atoms with Crippen molar-refractivity contribution in [1.29, 1.82) is 0 Å². The SMILES string of the molecule is O/N=C(\CCC/C(=N\O)c1ccc(F)cc1)c1ccc(F)cc1. The Kier molecular flexibility index (Phi) is 5.80. The van der Waals surface area contributed by atoms with Gasteiger partial charge in [-0.05, 0) is 54.7 Å². The van der Waals surface area contributed by atoms with Crippen LogP contribution in [0.25, 0.3) is 0 Å². The minimum Gasteiger partial charge on any atom is -0.411 e. The summed E-state index contributed by atoms with van der Waals surface area (Å²) in [5.41, 5.74) is 2.08. The summed E-state index contributed by atoms with van der Waals surface area (Å²) >= 11 is 0. The van der Waals surface area contributed by atoms with Crippen molar-refractivity contribution in [3.05, 3.63) is 71.3 Å². The minimum absolute atomic E-state index is 0.364. The molecule has 23 heavy (non-hydrogen) atoms. The van der Waals surface area contributed by atoms with Gasteiger partial charge in [0.15, 0.2) is 0 Å². The van der Waals surface area contributed by atoms with Crippen molar-refractivity contribution in [2.24, 2.45) is 10.3 Å². The molecule has 0 heterocycles. The fourth-order valence-electron chi connectivity index (χ4n) is 2.21. The largest absolute Gasteiger partial charge is 0.411 e. The quantitative estimate of drug-likeness (QED) is 0.476. The number of rotatable bonds is 6. The molecular weight excluding hydrogens is 302 g/mol. The van der Waals surface area contributed by atoms with Crippen molar-refractivity contribution in [2.45, 2.75) is 19.3 Å². The van der Waals surface area contributed by atoms with E-state index in [1.165, 1.54) is 48.5 Å². The van der Waals surface area contributed by atoms with Gasteiger partial charge >= 0.3 is 0 Å². The van der Waals surface area contributed by atoms with Gasteiger partial charge in [-0.15, -0.1) is 0 Å². The van der Waals surface area contributed by atoms with Crippen LogP contribution in [0, 0.1) is 11.6 Å². The fourth-order valence-corrected chi connectivity index (χ4v) is 2.21. The number of hydrogen-bond donors (Lipinski definition) is 2. The summed E-state index contributed by atoms with van der Waals surface area (Å²) in [5, 5.41) is 24.7. The molecule has 120 valence electrons. The highest BCUT2D eigenvalue weighted by Crippen LogP contribution is 2.13. The number of benzene rings is 2. The van der Waals surface area contributed by atoms with Crippen molar-refractivity contribution in [3.8, 4) is 0 Å². The molecule has 0 amide bonds. The van der Waals surface area contributed by atoms with E-state index in [0.717, 1.165) is 0 Å². The van der Waals surface area contributed by atoms with Crippen LogP contribution in [0.15, 0.2) is 58.8 Å². The maximum absolute atomic E-state index is 12.9. The first-order valence-corrected chi connectivity index (χ1v) is 7.08. The first kappa shape index (κ1) is 16.6. The third-order valence-corrected chi connectivity index (χ3v) is 3.42. The van der Waals surface area contributed by atoms with Gasteiger partial charge in [-0.2, -0.15) is 0 Å². The molecule has 0 fully saturated rings. The van der Waals surface area contributed by atoms with Gasteiger partial charge in [-0.25, -0.2) is 8.78 Å². The zero-order valence-electron chi connectivity index (χ0n) is 12.3. The van der Waals surface area contributed by atoms with Gasteiger partial charge in [0.1, 0.15) is 11.6 Å². The summed E-state index contributed by atoms with van der Waals surface area (Å²) in [6, 6.07) is 11.3. The predicted octanol–water partition coefficient (Wildman–Crippen LogP) is 4.19.